The van der Waals surface area contributed by atoms with Gasteiger partial charge in [0, 0.05) is 10.9 Å². The molecule has 3 rings (SSSR count). The first kappa shape index (κ1) is 13.5. The number of carboxylic acids is 1. The van der Waals surface area contributed by atoms with Gasteiger partial charge in [-0.2, -0.15) is 13.2 Å². The molecule has 1 aliphatic heterocycles. The average Bonchev–Trinajstić information content (AvgIpc) is 2.78. The molecule has 1 aromatic heterocycles. The zero-order valence-corrected chi connectivity index (χ0v) is 10.7. The van der Waals surface area contributed by atoms with Gasteiger partial charge in [0.1, 0.15) is 11.3 Å². The van der Waals surface area contributed by atoms with E-state index in [1.807, 2.05) is 0 Å². The van der Waals surface area contributed by atoms with Crippen LogP contribution in [0.1, 0.15) is 11.1 Å². The highest BCUT2D eigenvalue weighted by Crippen LogP contribution is 2.41. The van der Waals surface area contributed by atoms with E-state index in [-0.39, 0.29) is 11.3 Å². The van der Waals surface area contributed by atoms with Crippen LogP contribution in [0.15, 0.2) is 28.4 Å². The monoisotopic (exact) mass is 298 g/mol. The van der Waals surface area contributed by atoms with Crippen molar-refractivity contribution >= 4 is 23.0 Å². The highest BCUT2D eigenvalue weighted by Gasteiger charge is 2.48. The lowest BCUT2D eigenvalue weighted by atomic mass is 9.97. The minimum Gasteiger partial charge on any atom is -0.478 e. The molecule has 0 aliphatic carbocycles. The van der Waals surface area contributed by atoms with E-state index in [2.05, 4.69) is 0 Å². The molecule has 0 fully saturated rings. The van der Waals surface area contributed by atoms with Gasteiger partial charge in [-0.1, -0.05) is 0 Å². The Morgan fingerprint density at radius 1 is 1.33 bits per heavy atom. The Kier molecular flexibility index (Phi) is 2.76. The van der Waals surface area contributed by atoms with E-state index in [0.29, 0.717) is 16.5 Å². The molecule has 7 heteroatoms. The maximum absolute atomic E-state index is 12.9. The number of hydrogen-bond donors (Lipinski definition) is 1. The number of aliphatic carboxylic acids is 1. The number of benzene rings is 1. The van der Waals surface area contributed by atoms with Gasteiger partial charge in [-0.15, -0.1) is 0 Å². The Morgan fingerprint density at radius 2 is 2.05 bits per heavy atom. The van der Waals surface area contributed by atoms with Crippen LogP contribution in [-0.2, 0) is 4.79 Å². The number of carbonyl (C=O) groups is 1. The van der Waals surface area contributed by atoms with Crippen molar-refractivity contribution < 1.29 is 32.2 Å². The molecule has 1 unspecified atom stereocenters. The molecule has 2 heterocycles. The van der Waals surface area contributed by atoms with Gasteiger partial charge < -0.3 is 14.3 Å². The fourth-order valence-electron chi connectivity index (χ4n) is 2.38. The van der Waals surface area contributed by atoms with Crippen molar-refractivity contribution in [1.29, 1.82) is 0 Å². The van der Waals surface area contributed by atoms with Gasteiger partial charge in [0.2, 0.25) is 6.10 Å². The fourth-order valence-corrected chi connectivity index (χ4v) is 2.38. The van der Waals surface area contributed by atoms with Crippen molar-refractivity contribution in [3.8, 4) is 5.75 Å². The summed E-state index contributed by atoms with van der Waals surface area (Å²) in [4.78, 5) is 11.1. The summed E-state index contributed by atoms with van der Waals surface area (Å²) in [7, 11) is 0. The molecule has 1 aliphatic rings. The lowest BCUT2D eigenvalue weighted by Crippen LogP contribution is -2.40. The zero-order valence-electron chi connectivity index (χ0n) is 10.7. The Balaban J connectivity index is 2.27. The summed E-state index contributed by atoms with van der Waals surface area (Å²) < 4.78 is 48.9. The summed E-state index contributed by atoms with van der Waals surface area (Å²) in [6, 6.07) is 2.84. The predicted octanol–water partition coefficient (Wildman–Crippen LogP) is 3.53. The number of hydrogen-bond acceptors (Lipinski definition) is 3. The van der Waals surface area contributed by atoms with Crippen molar-refractivity contribution in [1.82, 2.24) is 0 Å². The molecule has 4 nitrogen and oxygen atoms in total. The van der Waals surface area contributed by atoms with Crippen LogP contribution < -0.4 is 4.74 Å². The first-order chi connectivity index (χ1) is 9.79. The molecule has 0 saturated carbocycles. The van der Waals surface area contributed by atoms with Crippen LogP contribution in [-0.4, -0.2) is 23.4 Å². The summed E-state index contributed by atoms with van der Waals surface area (Å²) >= 11 is 0. The van der Waals surface area contributed by atoms with E-state index in [9.17, 15) is 18.0 Å². The summed E-state index contributed by atoms with van der Waals surface area (Å²) in [6.07, 6.45) is -4.83. The quantitative estimate of drug-likeness (QED) is 0.875. The molecule has 1 aromatic carbocycles. The molecule has 2 aromatic rings. The number of fused-ring (bicyclic) bond motifs is 3. The maximum atomic E-state index is 12.9. The van der Waals surface area contributed by atoms with Crippen LogP contribution in [0, 0.1) is 6.92 Å². The summed E-state index contributed by atoms with van der Waals surface area (Å²) in [5.41, 5.74) is 0.595. The summed E-state index contributed by atoms with van der Waals surface area (Å²) in [5, 5.41) is 9.57. The Bertz CT molecular complexity index is 770. The first-order valence-corrected chi connectivity index (χ1v) is 5.98. The first-order valence-electron chi connectivity index (χ1n) is 5.98. The van der Waals surface area contributed by atoms with Crippen LogP contribution in [0.5, 0.6) is 5.75 Å². The highest BCUT2D eigenvalue weighted by atomic mass is 19.4. The van der Waals surface area contributed by atoms with Gasteiger partial charge in [0.25, 0.3) is 0 Å². The SMILES string of the molecule is Cc1coc2ccc3c(c12)C=C(C(=O)O)C(C(F)(F)F)O3. The largest absolute Gasteiger partial charge is 0.478 e. The molecule has 0 radical (unpaired) electrons. The maximum Gasteiger partial charge on any atom is 0.430 e. The number of ether oxygens (including phenoxy) is 1. The van der Waals surface area contributed by atoms with Gasteiger partial charge >= 0.3 is 12.1 Å². The summed E-state index contributed by atoms with van der Waals surface area (Å²) in [5.74, 6) is -1.68. The minimum atomic E-state index is -4.80. The molecule has 110 valence electrons. The second-order valence-corrected chi connectivity index (χ2v) is 4.71. The van der Waals surface area contributed by atoms with Crippen LogP contribution in [0.4, 0.5) is 13.2 Å². The van der Waals surface area contributed by atoms with Crippen LogP contribution in [0.2, 0.25) is 0 Å². The second-order valence-electron chi connectivity index (χ2n) is 4.71. The van der Waals surface area contributed by atoms with Crippen LogP contribution >= 0.6 is 0 Å². The normalized spacial score (nSPS) is 18.1. The Hall–Kier alpha value is -2.44. The Labute approximate surface area is 116 Å². The van der Waals surface area contributed by atoms with E-state index >= 15 is 0 Å². The highest BCUT2D eigenvalue weighted by molar-refractivity contribution is 6.01. The number of halogens is 3. The number of furan rings is 1. The van der Waals surface area contributed by atoms with Gasteiger partial charge in [-0.25, -0.2) is 4.79 Å². The molecular weight excluding hydrogens is 289 g/mol. The third-order valence-electron chi connectivity index (χ3n) is 3.30. The minimum absolute atomic E-state index is 0.0145. The lowest BCUT2D eigenvalue weighted by molar-refractivity contribution is -0.187. The zero-order chi connectivity index (χ0) is 15.4. The van der Waals surface area contributed by atoms with E-state index in [1.54, 1.807) is 6.92 Å². The third-order valence-corrected chi connectivity index (χ3v) is 3.30. The average molecular weight is 298 g/mol. The lowest BCUT2D eigenvalue weighted by Gasteiger charge is -2.27. The van der Waals surface area contributed by atoms with E-state index in [1.165, 1.54) is 18.4 Å². The number of alkyl halides is 3. The van der Waals surface area contributed by atoms with Crippen molar-refractivity contribution in [2.75, 3.05) is 0 Å². The topological polar surface area (TPSA) is 59.7 Å². The second kappa shape index (κ2) is 4.28. The molecule has 1 atom stereocenters. The van der Waals surface area contributed by atoms with E-state index in [0.717, 1.165) is 6.08 Å². The molecule has 0 spiro atoms. The fraction of sp³-hybridized carbons (Fsp3) is 0.214. The van der Waals surface area contributed by atoms with Crippen molar-refractivity contribution in [2.45, 2.75) is 19.2 Å². The molecule has 1 N–H and O–H groups in total. The van der Waals surface area contributed by atoms with Crippen molar-refractivity contribution in [3.63, 3.8) is 0 Å². The molecule has 0 saturated heterocycles. The van der Waals surface area contributed by atoms with E-state index in [4.69, 9.17) is 14.3 Å². The van der Waals surface area contributed by atoms with Crippen molar-refractivity contribution in [2.24, 2.45) is 0 Å². The van der Waals surface area contributed by atoms with Crippen molar-refractivity contribution in [3.05, 3.63) is 35.1 Å². The van der Waals surface area contributed by atoms with Gasteiger partial charge in [0.05, 0.1) is 11.8 Å². The summed E-state index contributed by atoms with van der Waals surface area (Å²) in [6.45, 7) is 1.72. The van der Waals surface area contributed by atoms with Gasteiger partial charge in [-0.3, -0.25) is 0 Å². The smallest absolute Gasteiger partial charge is 0.430 e. The third kappa shape index (κ3) is 2.05. The van der Waals surface area contributed by atoms with E-state index < -0.39 is 23.8 Å². The van der Waals surface area contributed by atoms with Crippen LogP contribution in [0.3, 0.4) is 0 Å². The number of carboxylic acid groups (broad SMARTS) is 1. The van der Waals surface area contributed by atoms with Gasteiger partial charge in [-0.05, 0) is 30.7 Å². The predicted molar refractivity (Wildman–Crippen MR) is 67.0 cm³/mol. The molecular formula is C14H9F3O4. The molecule has 0 amide bonds. The van der Waals surface area contributed by atoms with Gasteiger partial charge in [0.15, 0.2) is 0 Å². The number of aryl methyl sites for hydroxylation is 1. The Morgan fingerprint density at radius 3 is 2.67 bits per heavy atom. The number of rotatable bonds is 1. The van der Waals surface area contributed by atoms with Crippen LogP contribution in [0.25, 0.3) is 17.0 Å². The standard InChI is InChI=1S/C14H9F3O4/c1-6-5-20-10-3-2-9-7(11(6)10)4-8(13(18)19)12(21-9)14(15,16)17/h2-5,12H,1H3,(H,18,19). The molecule has 21 heavy (non-hydrogen) atoms. The molecule has 0 bridgehead atoms.